The van der Waals surface area contributed by atoms with Crippen LogP contribution < -0.4 is 5.32 Å². The first-order chi connectivity index (χ1) is 9.68. The van der Waals surface area contributed by atoms with Gasteiger partial charge in [0.15, 0.2) is 0 Å². The lowest BCUT2D eigenvalue weighted by Crippen LogP contribution is -2.52. The van der Waals surface area contributed by atoms with Crippen LogP contribution in [0.5, 0.6) is 0 Å². The van der Waals surface area contributed by atoms with Crippen LogP contribution >= 0.6 is 0 Å². The first kappa shape index (κ1) is 12.8. The van der Waals surface area contributed by atoms with E-state index in [2.05, 4.69) is 10.00 Å². The summed E-state index contributed by atoms with van der Waals surface area (Å²) >= 11 is 0. The molecule has 4 bridgehead atoms. The van der Waals surface area contributed by atoms with Crippen molar-refractivity contribution >= 4 is 0 Å². The normalized spacial score (nSPS) is 38.6. The second kappa shape index (κ2) is 4.55. The number of aryl methyl sites for hydroxylation is 1. The Morgan fingerprint density at radius 3 is 2.30 bits per heavy atom. The van der Waals surface area contributed by atoms with Crippen LogP contribution in [0.3, 0.4) is 0 Å². The van der Waals surface area contributed by atoms with E-state index in [1.54, 1.807) is 0 Å². The second-order valence-corrected chi connectivity index (χ2v) is 7.48. The highest BCUT2D eigenvalue weighted by Gasteiger charge is 2.53. The van der Waals surface area contributed by atoms with Gasteiger partial charge in [-0.05, 0) is 70.3 Å². The van der Waals surface area contributed by atoms with Crippen molar-refractivity contribution in [3.8, 4) is 0 Å². The van der Waals surface area contributed by atoms with Gasteiger partial charge in [-0.15, -0.1) is 0 Å². The zero-order chi connectivity index (χ0) is 13.7. The molecule has 5 rings (SSSR count). The van der Waals surface area contributed by atoms with E-state index in [9.17, 15) is 0 Å². The number of nitrogens with one attached hydrogen (secondary N) is 1. The summed E-state index contributed by atoms with van der Waals surface area (Å²) in [4.78, 5) is 4.72. The predicted molar refractivity (Wildman–Crippen MR) is 78.5 cm³/mol. The maximum atomic E-state index is 4.83. The van der Waals surface area contributed by atoms with Gasteiger partial charge in [-0.1, -0.05) is 0 Å². The van der Waals surface area contributed by atoms with Gasteiger partial charge in [0.05, 0.1) is 5.54 Å². The molecule has 1 aromatic rings. The third-order valence-electron chi connectivity index (χ3n) is 5.83. The lowest BCUT2D eigenvalue weighted by Gasteiger charge is -2.56. The molecule has 4 saturated carbocycles. The zero-order valence-electron chi connectivity index (χ0n) is 12.7. The topological polar surface area (TPSA) is 42.7 Å². The largest absolute Gasteiger partial charge is 0.319 e. The fourth-order valence-corrected chi connectivity index (χ4v) is 5.56. The SMILES string of the molecule is CNCCc1nc(C)nn1C12CC3CC(CC(C3)C1)C2. The molecule has 0 saturated heterocycles. The Bertz CT molecular complexity index is 469. The smallest absolute Gasteiger partial charge is 0.147 e. The van der Waals surface area contributed by atoms with Gasteiger partial charge in [-0.2, -0.15) is 5.10 Å². The molecule has 1 aromatic heterocycles. The van der Waals surface area contributed by atoms with Crippen molar-refractivity contribution in [1.82, 2.24) is 20.1 Å². The highest BCUT2D eigenvalue weighted by atomic mass is 15.4. The van der Waals surface area contributed by atoms with Gasteiger partial charge in [0, 0.05) is 13.0 Å². The summed E-state index contributed by atoms with van der Waals surface area (Å²) in [5.41, 5.74) is 0.319. The van der Waals surface area contributed by atoms with Crippen LogP contribution in [0.1, 0.15) is 50.2 Å². The molecule has 0 amide bonds. The molecule has 0 spiro atoms. The zero-order valence-corrected chi connectivity index (χ0v) is 12.7. The van der Waals surface area contributed by atoms with Gasteiger partial charge in [0.2, 0.25) is 0 Å². The van der Waals surface area contributed by atoms with E-state index >= 15 is 0 Å². The summed E-state index contributed by atoms with van der Waals surface area (Å²) in [6.07, 6.45) is 9.52. The van der Waals surface area contributed by atoms with Gasteiger partial charge in [-0.3, -0.25) is 0 Å². The van der Waals surface area contributed by atoms with Gasteiger partial charge in [-0.25, -0.2) is 9.67 Å². The van der Waals surface area contributed by atoms with Crippen molar-refractivity contribution in [3.05, 3.63) is 11.6 Å². The predicted octanol–water partition coefficient (Wildman–Crippen LogP) is 2.27. The fourth-order valence-electron chi connectivity index (χ4n) is 5.56. The summed E-state index contributed by atoms with van der Waals surface area (Å²) in [6, 6.07) is 0. The molecular formula is C16H26N4. The summed E-state index contributed by atoms with van der Waals surface area (Å²) < 4.78 is 2.37. The monoisotopic (exact) mass is 274 g/mol. The molecule has 1 N–H and O–H groups in total. The van der Waals surface area contributed by atoms with Crippen LogP contribution in [0, 0.1) is 24.7 Å². The molecule has 1 heterocycles. The molecule has 0 aliphatic heterocycles. The molecule has 4 heteroatoms. The first-order valence-electron chi connectivity index (χ1n) is 8.26. The third-order valence-corrected chi connectivity index (χ3v) is 5.83. The summed E-state index contributed by atoms with van der Waals surface area (Å²) in [6.45, 7) is 3.03. The number of aromatic nitrogens is 3. The summed E-state index contributed by atoms with van der Waals surface area (Å²) in [7, 11) is 2.01. The lowest BCUT2D eigenvalue weighted by atomic mass is 9.53. The Kier molecular flexibility index (Phi) is 2.92. The molecule has 4 aliphatic carbocycles. The van der Waals surface area contributed by atoms with Crippen LogP contribution in [-0.4, -0.2) is 28.4 Å². The number of hydrogen-bond donors (Lipinski definition) is 1. The molecule has 0 unspecified atom stereocenters. The quantitative estimate of drug-likeness (QED) is 0.916. The Labute approximate surface area is 121 Å². The number of likely N-dealkylation sites (N-methyl/N-ethyl adjacent to an activating group) is 1. The van der Waals surface area contributed by atoms with E-state index in [4.69, 9.17) is 10.1 Å². The molecule has 4 aliphatic rings. The highest BCUT2D eigenvalue weighted by molar-refractivity contribution is 5.08. The minimum Gasteiger partial charge on any atom is -0.319 e. The van der Waals surface area contributed by atoms with E-state index in [0.29, 0.717) is 5.54 Å². The van der Waals surface area contributed by atoms with Crippen LogP contribution in [0.4, 0.5) is 0 Å². The first-order valence-corrected chi connectivity index (χ1v) is 8.26. The molecule has 110 valence electrons. The van der Waals surface area contributed by atoms with E-state index in [1.807, 2.05) is 14.0 Å². The van der Waals surface area contributed by atoms with Crippen LogP contribution in [0.25, 0.3) is 0 Å². The number of nitrogens with zero attached hydrogens (tertiary/aromatic N) is 3. The van der Waals surface area contributed by atoms with Crippen LogP contribution in [0.2, 0.25) is 0 Å². The third kappa shape index (κ3) is 1.92. The Balaban J connectivity index is 1.69. The van der Waals surface area contributed by atoms with Crippen LogP contribution in [0.15, 0.2) is 0 Å². The van der Waals surface area contributed by atoms with Gasteiger partial charge in [0.25, 0.3) is 0 Å². The standard InChI is InChI=1S/C16H26N4/c1-11-18-15(3-4-17-2)20(19-11)16-8-12-5-13(9-16)7-14(6-12)10-16/h12-14,17H,3-10H2,1-2H3. The molecular weight excluding hydrogens is 248 g/mol. The summed E-state index contributed by atoms with van der Waals surface area (Å²) in [5.74, 6) is 5.04. The van der Waals surface area contributed by atoms with Crippen molar-refractivity contribution in [2.24, 2.45) is 17.8 Å². The molecule has 0 aromatic carbocycles. The fraction of sp³-hybridized carbons (Fsp3) is 0.875. The van der Waals surface area contributed by atoms with E-state index in [-0.39, 0.29) is 0 Å². The van der Waals surface area contributed by atoms with Crippen molar-refractivity contribution in [3.63, 3.8) is 0 Å². The maximum absolute atomic E-state index is 4.83. The van der Waals surface area contributed by atoms with Gasteiger partial charge >= 0.3 is 0 Å². The maximum Gasteiger partial charge on any atom is 0.147 e. The second-order valence-electron chi connectivity index (χ2n) is 7.48. The molecule has 20 heavy (non-hydrogen) atoms. The van der Waals surface area contributed by atoms with Crippen molar-refractivity contribution in [1.29, 1.82) is 0 Å². The number of hydrogen-bond acceptors (Lipinski definition) is 3. The molecule has 0 radical (unpaired) electrons. The van der Waals surface area contributed by atoms with Crippen molar-refractivity contribution in [2.45, 2.75) is 57.4 Å². The molecule has 4 nitrogen and oxygen atoms in total. The van der Waals surface area contributed by atoms with Crippen LogP contribution in [-0.2, 0) is 12.0 Å². The Morgan fingerprint density at radius 2 is 1.75 bits per heavy atom. The van der Waals surface area contributed by atoms with Crippen molar-refractivity contribution < 1.29 is 0 Å². The van der Waals surface area contributed by atoms with E-state index < -0.39 is 0 Å². The average molecular weight is 274 g/mol. The molecule has 4 fully saturated rings. The number of rotatable bonds is 4. The van der Waals surface area contributed by atoms with Crippen molar-refractivity contribution in [2.75, 3.05) is 13.6 Å². The van der Waals surface area contributed by atoms with Gasteiger partial charge < -0.3 is 5.32 Å². The minimum absolute atomic E-state index is 0.319. The Morgan fingerprint density at radius 1 is 1.15 bits per heavy atom. The molecule has 0 atom stereocenters. The lowest BCUT2D eigenvalue weighted by molar-refractivity contribution is -0.0510. The van der Waals surface area contributed by atoms with Gasteiger partial charge in [0.1, 0.15) is 11.6 Å². The highest BCUT2D eigenvalue weighted by Crippen LogP contribution is 2.58. The van der Waals surface area contributed by atoms with E-state index in [1.165, 1.54) is 44.3 Å². The average Bonchev–Trinajstić information content (AvgIpc) is 2.77. The minimum atomic E-state index is 0.319. The Hall–Kier alpha value is -0.900. The van der Waals surface area contributed by atoms with E-state index in [0.717, 1.165) is 36.5 Å². The summed E-state index contributed by atoms with van der Waals surface area (Å²) in [5, 5.41) is 8.08.